The highest BCUT2D eigenvalue weighted by Crippen LogP contribution is 2.05. The van der Waals surface area contributed by atoms with Crippen LogP contribution in [0.1, 0.15) is 66.8 Å². The summed E-state index contributed by atoms with van der Waals surface area (Å²) in [4.78, 5) is 47.8. The second kappa shape index (κ2) is 27.5. The number of aryl methyl sites for hydroxylation is 1. The Balaban J connectivity index is -0.000000627. The molecular weight excluding hydrogens is 580 g/mol. The number of ether oxygens (including phenoxy) is 1. The van der Waals surface area contributed by atoms with E-state index in [-0.39, 0.29) is 39.1 Å². The Kier molecular flexibility index (Phi) is 27.7. The Morgan fingerprint density at radius 1 is 0.822 bits per heavy atom. The topological polar surface area (TPSA) is 201 Å². The third kappa shape index (κ3) is 24.0. The third-order valence-electron chi connectivity index (χ3n) is 5.98. The van der Waals surface area contributed by atoms with Crippen LogP contribution >= 0.6 is 0 Å². The number of aromatic carboxylic acids is 1. The summed E-state index contributed by atoms with van der Waals surface area (Å²) in [6.45, 7) is 6.27. The van der Waals surface area contributed by atoms with E-state index in [9.17, 15) is 19.2 Å². The number of carboxylic acid groups (broad SMARTS) is 1. The third-order valence-corrected chi connectivity index (χ3v) is 5.98. The summed E-state index contributed by atoms with van der Waals surface area (Å²) in [5, 5.41) is 19.7. The second-order valence-corrected chi connectivity index (χ2v) is 9.76. The van der Waals surface area contributed by atoms with Crippen molar-refractivity contribution >= 4 is 29.4 Å². The highest BCUT2D eigenvalue weighted by molar-refractivity contribution is 5.94. The lowest BCUT2D eigenvalue weighted by molar-refractivity contribution is -0.140. The molecule has 0 saturated carbocycles. The van der Waals surface area contributed by atoms with Crippen LogP contribution in [0.2, 0.25) is 0 Å². The number of benzene rings is 2. The number of methoxy groups -OCH3 is 1. The maximum absolute atomic E-state index is 11.8. The first-order valence-corrected chi connectivity index (χ1v) is 13.9. The Morgan fingerprint density at radius 3 is 1.82 bits per heavy atom. The van der Waals surface area contributed by atoms with Gasteiger partial charge in [-0.3, -0.25) is 19.6 Å². The van der Waals surface area contributed by atoms with Crippen molar-refractivity contribution in [2.75, 3.05) is 66.2 Å². The predicted molar refractivity (Wildman–Crippen MR) is 179 cm³/mol. The van der Waals surface area contributed by atoms with Gasteiger partial charge in [0.25, 0.3) is 5.91 Å². The smallest absolute Gasteiger partial charge is 0.335 e. The summed E-state index contributed by atoms with van der Waals surface area (Å²) in [6.07, 6.45) is 2.25. The zero-order chi connectivity index (χ0) is 32.6. The van der Waals surface area contributed by atoms with E-state index in [0.717, 1.165) is 25.1 Å². The number of rotatable bonds is 15. The molecule has 0 atom stereocenters. The molecule has 0 aliphatic heterocycles. The highest BCUT2D eigenvalue weighted by atomic mass is 16.5. The molecule has 13 heteroatoms. The fraction of sp³-hybridized carbons (Fsp3) is 0.500. The van der Waals surface area contributed by atoms with Crippen molar-refractivity contribution in [2.24, 2.45) is 5.73 Å². The average molecular weight is 637 g/mol. The largest absolute Gasteiger partial charge is 0.478 e. The lowest BCUT2D eigenvalue weighted by Gasteiger charge is -2.16. The van der Waals surface area contributed by atoms with Crippen molar-refractivity contribution < 1.29 is 34.2 Å². The van der Waals surface area contributed by atoms with Gasteiger partial charge in [-0.25, -0.2) is 10.3 Å². The molecule has 8 N–H and O–H groups in total. The number of hydrogen-bond donors (Lipinski definition) is 6. The summed E-state index contributed by atoms with van der Waals surface area (Å²) >= 11 is 0. The van der Waals surface area contributed by atoms with E-state index in [0.29, 0.717) is 55.8 Å². The number of carbonyl (C=O) groups excluding carboxylic acids is 3. The summed E-state index contributed by atoms with van der Waals surface area (Å²) in [5.74, 6) is -1.54. The molecule has 2 aromatic carbocycles. The summed E-state index contributed by atoms with van der Waals surface area (Å²) in [5.41, 5.74) is 15.1. The maximum atomic E-state index is 11.8. The van der Waals surface area contributed by atoms with Gasteiger partial charge in [-0.05, 0) is 83.3 Å². The summed E-state index contributed by atoms with van der Waals surface area (Å²) in [6, 6.07) is 13.5. The monoisotopic (exact) mass is 636 g/mol. The fourth-order valence-electron chi connectivity index (χ4n) is 3.40. The van der Waals surface area contributed by atoms with Gasteiger partial charge in [0.1, 0.15) is 0 Å². The first-order chi connectivity index (χ1) is 20.4. The van der Waals surface area contributed by atoms with Gasteiger partial charge in [0, 0.05) is 50.3 Å². The minimum Gasteiger partial charge on any atom is -0.478 e. The number of nitrogens with one attached hydrogen (secondary N) is 2. The van der Waals surface area contributed by atoms with E-state index in [4.69, 9.17) is 21.8 Å². The highest BCUT2D eigenvalue weighted by Gasteiger charge is 2.06. The lowest BCUT2D eigenvalue weighted by atomic mass is 10.2. The summed E-state index contributed by atoms with van der Waals surface area (Å²) < 4.78 is 4.51. The minimum atomic E-state index is -0.875. The van der Waals surface area contributed by atoms with Gasteiger partial charge >= 0.3 is 11.9 Å². The predicted octanol–water partition coefficient (Wildman–Crippen LogP) is 3.01. The van der Waals surface area contributed by atoms with Crippen LogP contribution in [-0.2, 0) is 14.3 Å². The molecule has 0 saturated heterocycles. The van der Waals surface area contributed by atoms with E-state index in [1.807, 2.05) is 25.9 Å². The zero-order valence-electron chi connectivity index (χ0n) is 25.7. The van der Waals surface area contributed by atoms with Gasteiger partial charge in [0.05, 0.1) is 12.7 Å². The Morgan fingerprint density at radius 2 is 1.33 bits per heavy atom. The number of carbonyl (C=O) groups is 4. The number of nitrogen functional groups attached to an aromatic ring is 1. The van der Waals surface area contributed by atoms with Crippen LogP contribution in [0.4, 0.5) is 5.69 Å². The number of carboxylic acids is 1. The normalized spacial score (nSPS) is 9.69. The van der Waals surface area contributed by atoms with Gasteiger partial charge in [0.2, 0.25) is 5.91 Å². The fourth-order valence-corrected chi connectivity index (χ4v) is 3.40. The van der Waals surface area contributed by atoms with Crippen LogP contribution < -0.4 is 22.3 Å². The van der Waals surface area contributed by atoms with Crippen LogP contribution in [0.3, 0.4) is 0 Å². The van der Waals surface area contributed by atoms with E-state index in [1.165, 1.54) is 7.11 Å². The first-order valence-electron chi connectivity index (χ1n) is 13.9. The van der Waals surface area contributed by atoms with Crippen molar-refractivity contribution in [3.05, 3.63) is 65.2 Å². The van der Waals surface area contributed by atoms with Gasteiger partial charge in [0.15, 0.2) is 0 Å². The molecule has 0 fully saturated rings. The average Bonchev–Trinajstić information content (AvgIpc) is 2.98. The van der Waals surface area contributed by atoms with E-state index < -0.39 is 5.97 Å². The number of esters is 1. The van der Waals surface area contributed by atoms with Crippen molar-refractivity contribution in [3.63, 3.8) is 0 Å². The molecule has 0 aliphatic rings. The second-order valence-electron chi connectivity index (χ2n) is 9.76. The van der Waals surface area contributed by atoms with Crippen molar-refractivity contribution in [2.45, 2.75) is 47.5 Å². The number of hydrogen-bond acceptors (Lipinski definition) is 10. The molecule has 2 aromatic rings. The SMILES string of the molecule is C.C.CN(CCCC(=O)NO)CCNC(=O)c1ccc(N)cc1.COC(=O)CCCN(C)CCN.Cc1ccc(C(=O)O)cc1. The van der Waals surface area contributed by atoms with Crippen LogP contribution in [0.5, 0.6) is 0 Å². The van der Waals surface area contributed by atoms with Crippen LogP contribution in [0.25, 0.3) is 0 Å². The molecule has 0 unspecified atom stereocenters. The molecule has 0 bridgehead atoms. The van der Waals surface area contributed by atoms with Crippen LogP contribution in [0.15, 0.2) is 48.5 Å². The van der Waals surface area contributed by atoms with Crippen molar-refractivity contribution in [3.8, 4) is 0 Å². The minimum absolute atomic E-state index is 0. The first kappa shape index (κ1) is 45.4. The van der Waals surface area contributed by atoms with Gasteiger partial charge in [-0.1, -0.05) is 32.5 Å². The molecule has 45 heavy (non-hydrogen) atoms. The Bertz CT molecular complexity index is 1080. The van der Waals surface area contributed by atoms with Gasteiger partial charge in [-0.2, -0.15) is 0 Å². The number of amides is 2. The van der Waals surface area contributed by atoms with Crippen molar-refractivity contribution in [1.29, 1.82) is 0 Å². The molecule has 2 amide bonds. The molecule has 256 valence electrons. The van der Waals surface area contributed by atoms with E-state index in [2.05, 4.69) is 15.0 Å². The number of nitrogens with zero attached hydrogens (tertiary/aromatic N) is 2. The Labute approximate surface area is 268 Å². The Hall–Kier alpha value is -4.04. The van der Waals surface area contributed by atoms with Crippen LogP contribution in [-0.4, -0.2) is 104 Å². The number of hydroxylamine groups is 1. The summed E-state index contributed by atoms with van der Waals surface area (Å²) in [7, 11) is 5.31. The van der Waals surface area contributed by atoms with Gasteiger partial charge in [-0.15, -0.1) is 0 Å². The van der Waals surface area contributed by atoms with E-state index in [1.54, 1.807) is 54.0 Å². The molecular formula is C32H56N6O7. The van der Waals surface area contributed by atoms with Crippen LogP contribution in [0, 0.1) is 6.92 Å². The lowest BCUT2D eigenvalue weighted by Crippen LogP contribution is -2.33. The number of nitrogens with two attached hydrogens (primary N) is 2. The zero-order valence-corrected chi connectivity index (χ0v) is 25.7. The van der Waals surface area contributed by atoms with Gasteiger partial charge < -0.3 is 36.4 Å². The van der Waals surface area contributed by atoms with Crippen molar-refractivity contribution in [1.82, 2.24) is 20.6 Å². The molecule has 2 rings (SSSR count). The molecule has 0 radical (unpaired) electrons. The number of anilines is 1. The number of likely N-dealkylation sites (N-methyl/N-ethyl adjacent to an activating group) is 2. The standard InChI is InChI=1S/C14H22N4O3.C8H18N2O2.C8H8O2.2CH4/c1-18(9-2-3-13(19)17-21)10-8-16-14(20)11-4-6-12(15)7-5-11;1-10(7-5-9)6-3-4-8(11)12-2;1-6-2-4-7(5-3-6)8(9)10;;/h4-7,21H,2-3,8-10,15H2,1H3,(H,16,20)(H,17,19);3-7,9H2,1-2H3;2-5H,1H3,(H,9,10);2*1H4. The molecule has 0 aliphatic carbocycles. The maximum Gasteiger partial charge on any atom is 0.335 e. The van der Waals surface area contributed by atoms with E-state index >= 15 is 0 Å². The molecule has 13 nitrogen and oxygen atoms in total. The quantitative estimate of drug-likeness (QED) is 0.0726. The molecule has 0 spiro atoms. The molecule has 0 aromatic heterocycles. The molecule has 0 heterocycles.